The molecule has 0 saturated carbocycles. The number of ether oxygens (including phenoxy) is 1. The Labute approximate surface area is 206 Å². The number of ketones is 1. The second-order valence-corrected chi connectivity index (χ2v) is 11.4. The number of aryl methyl sites for hydroxylation is 1. The Morgan fingerprint density at radius 2 is 1.83 bits per heavy atom. The van der Waals surface area contributed by atoms with Crippen molar-refractivity contribution >= 4 is 27.2 Å². The van der Waals surface area contributed by atoms with Crippen molar-refractivity contribution in [2.75, 3.05) is 16.6 Å². The van der Waals surface area contributed by atoms with Crippen LogP contribution in [-0.4, -0.2) is 20.8 Å². The highest BCUT2D eigenvalue weighted by molar-refractivity contribution is 7.92. The molecule has 6 nitrogen and oxygen atoms in total. The van der Waals surface area contributed by atoms with Gasteiger partial charge in [0.25, 0.3) is 10.0 Å². The summed E-state index contributed by atoms with van der Waals surface area (Å²) in [6, 6.07) is 20.3. The van der Waals surface area contributed by atoms with E-state index in [9.17, 15) is 13.2 Å². The van der Waals surface area contributed by atoms with Crippen molar-refractivity contribution in [2.45, 2.75) is 44.2 Å². The third-order valence-corrected chi connectivity index (χ3v) is 8.24. The minimum Gasteiger partial charge on any atom is -0.378 e. The lowest BCUT2D eigenvalue weighted by Gasteiger charge is -2.36. The molecule has 2 N–H and O–H groups in total. The van der Waals surface area contributed by atoms with Gasteiger partial charge in [0.2, 0.25) is 0 Å². The van der Waals surface area contributed by atoms with Gasteiger partial charge in [-0.05, 0) is 54.8 Å². The number of carbonyl (C=O) groups is 1. The summed E-state index contributed by atoms with van der Waals surface area (Å²) >= 11 is 0. The fraction of sp³-hybridized carbons (Fsp3) is 0.321. The molecule has 0 aliphatic carbocycles. The Morgan fingerprint density at radius 3 is 2.54 bits per heavy atom. The third-order valence-electron chi connectivity index (χ3n) is 6.87. The van der Waals surface area contributed by atoms with E-state index >= 15 is 0 Å². The highest BCUT2D eigenvalue weighted by Gasteiger charge is 2.42. The predicted molar refractivity (Wildman–Crippen MR) is 137 cm³/mol. The van der Waals surface area contributed by atoms with Crippen LogP contribution in [0.2, 0.25) is 0 Å². The molecule has 5 rings (SSSR count). The lowest BCUT2D eigenvalue weighted by atomic mass is 9.81. The number of carbonyl (C=O) groups excluding carboxylic acids is 1. The van der Waals surface area contributed by atoms with Crippen LogP contribution < -0.4 is 10.0 Å². The molecule has 35 heavy (non-hydrogen) atoms. The second-order valence-electron chi connectivity index (χ2n) is 9.73. The molecule has 3 aromatic carbocycles. The summed E-state index contributed by atoms with van der Waals surface area (Å²) in [6.07, 6.45) is 0.676. The number of nitrogens with one attached hydrogen (secondary N) is 2. The molecule has 0 bridgehead atoms. The average molecular weight is 491 g/mol. The molecule has 182 valence electrons. The van der Waals surface area contributed by atoms with Gasteiger partial charge in [0.1, 0.15) is 0 Å². The minimum atomic E-state index is -3.74. The van der Waals surface area contributed by atoms with E-state index in [0.29, 0.717) is 12.3 Å². The smallest absolute Gasteiger partial charge is 0.261 e. The van der Waals surface area contributed by atoms with Crippen molar-refractivity contribution < 1.29 is 17.9 Å². The number of anilines is 2. The first-order valence-electron chi connectivity index (χ1n) is 12.0. The van der Waals surface area contributed by atoms with Crippen molar-refractivity contribution in [3.05, 3.63) is 89.0 Å². The summed E-state index contributed by atoms with van der Waals surface area (Å²) in [5.41, 5.74) is 5.06. The van der Waals surface area contributed by atoms with Crippen LogP contribution in [0.4, 0.5) is 11.4 Å². The van der Waals surface area contributed by atoms with Gasteiger partial charge in [-0.15, -0.1) is 0 Å². The summed E-state index contributed by atoms with van der Waals surface area (Å²) in [5, 5.41) is 3.61. The molecule has 0 amide bonds. The highest BCUT2D eigenvalue weighted by Crippen LogP contribution is 2.50. The molecule has 3 atom stereocenters. The number of benzene rings is 3. The van der Waals surface area contributed by atoms with Crippen LogP contribution in [0.5, 0.6) is 0 Å². The molecule has 2 aliphatic rings. The van der Waals surface area contributed by atoms with E-state index in [-0.39, 0.29) is 34.7 Å². The first-order chi connectivity index (χ1) is 16.7. The second kappa shape index (κ2) is 9.13. The monoisotopic (exact) mass is 490 g/mol. The molecule has 2 aliphatic heterocycles. The fourth-order valence-electron chi connectivity index (χ4n) is 5.06. The van der Waals surface area contributed by atoms with E-state index in [1.165, 1.54) is 0 Å². The van der Waals surface area contributed by atoms with Gasteiger partial charge in [-0.2, -0.15) is 0 Å². The number of hydrogen-bond donors (Lipinski definition) is 2. The summed E-state index contributed by atoms with van der Waals surface area (Å²) in [7, 11) is -3.74. The molecule has 3 aromatic rings. The Bertz CT molecular complexity index is 1370. The van der Waals surface area contributed by atoms with Crippen molar-refractivity contribution in [1.29, 1.82) is 0 Å². The van der Waals surface area contributed by atoms with Crippen molar-refractivity contribution in [2.24, 2.45) is 11.8 Å². The maximum absolute atomic E-state index is 13.1. The van der Waals surface area contributed by atoms with E-state index in [0.717, 1.165) is 34.4 Å². The zero-order valence-electron chi connectivity index (χ0n) is 20.1. The molecule has 7 heteroatoms. The lowest BCUT2D eigenvalue weighted by Crippen LogP contribution is -2.29. The van der Waals surface area contributed by atoms with Crippen molar-refractivity contribution in [1.82, 2.24) is 0 Å². The summed E-state index contributed by atoms with van der Waals surface area (Å²) in [4.78, 5) is 12.5. The molecule has 0 radical (unpaired) electrons. The van der Waals surface area contributed by atoms with Crippen LogP contribution in [0.15, 0.2) is 71.6 Å². The van der Waals surface area contributed by atoms with E-state index in [2.05, 4.69) is 10.0 Å². The van der Waals surface area contributed by atoms with Crippen LogP contribution in [0.25, 0.3) is 0 Å². The number of hydrogen-bond acceptors (Lipinski definition) is 5. The van der Waals surface area contributed by atoms with Crippen LogP contribution >= 0.6 is 0 Å². The van der Waals surface area contributed by atoms with Crippen LogP contribution in [0.1, 0.15) is 59.5 Å². The van der Waals surface area contributed by atoms with Crippen LogP contribution in [-0.2, 0) is 14.8 Å². The molecule has 0 spiro atoms. The highest BCUT2D eigenvalue weighted by atomic mass is 32.2. The number of Topliss-reactive ketones (excluding diaryl/α,β-unsaturated/α-hetero) is 1. The maximum Gasteiger partial charge on any atom is 0.261 e. The quantitative estimate of drug-likeness (QED) is 0.422. The Morgan fingerprint density at radius 1 is 1.06 bits per heavy atom. The van der Waals surface area contributed by atoms with Gasteiger partial charge in [-0.3, -0.25) is 9.52 Å². The normalized spacial score (nSPS) is 21.2. The van der Waals surface area contributed by atoms with Gasteiger partial charge in [0, 0.05) is 40.9 Å². The van der Waals surface area contributed by atoms with Crippen molar-refractivity contribution in [3.8, 4) is 0 Å². The SMILES string of the molecule is Cc1cccc(NS(=O)(=O)c2ccc3c(c2)[C@H]2OCC[C@H]2[C@H](c2ccc(C(=O)C(C)C)cc2)N3)c1. The first kappa shape index (κ1) is 23.6. The van der Waals surface area contributed by atoms with Gasteiger partial charge in [-0.1, -0.05) is 50.2 Å². The molecular weight excluding hydrogens is 460 g/mol. The topological polar surface area (TPSA) is 84.5 Å². The van der Waals surface area contributed by atoms with Gasteiger partial charge in [0.05, 0.1) is 17.0 Å². The summed E-state index contributed by atoms with van der Waals surface area (Å²) < 4.78 is 35.0. The van der Waals surface area contributed by atoms with Gasteiger partial charge in [0.15, 0.2) is 5.78 Å². The van der Waals surface area contributed by atoms with Crippen molar-refractivity contribution in [3.63, 3.8) is 0 Å². The zero-order valence-corrected chi connectivity index (χ0v) is 20.9. The number of rotatable bonds is 6. The van der Waals surface area contributed by atoms with E-state index in [1.54, 1.807) is 24.3 Å². The van der Waals surface area contributed by atoms with E-state index in [4.69, 9.17) is 4.74 Å². The Balaban J connectivity index is 1.44. The van der Waals surface area contributed by atoms with Gasteiger partial charge < -0.3 is 10.1 Å². The largest absolute Gasteiger partial charge is 0.378 e. The van der Waals surface area contributed by atoms with Gasteiger partial charge >= 0.3 is 0 Å². The van der Waals surface area contributed by atoms with E-state index in [1.807, 2.05) is 63.2 Å². The third kappa shape index (κ3) is 4.58. The minimum absolute atomic E-state index is 0.0195. The van der Waals surface area contributed by atoms with E-state index < -0.39 is 10.0 Å². The molecule has 0 unspecified atom stereocenters. The van der Waals surface area contributed by atoms with Crippen LogP contribution in [0, 0.1) is 18.8 Å². The molecular formula is C28H30N2O4S. The Kier molecular flexibility index (Phi) is 6.15. The first-order valence-corrected chi connectivity index (χ1v) is 13.5. The number of sulfonamides is 1. The fourth-order valence-corrected chi connectivity index (χ4v) is 6.14. The lowest BCUT2D eigenvalue weighted by molar-refractivity contribution is 0.0827. The standard InChI is InChI=1S/C28H30N2O4S/c1-17(2)27(31)20-9-7-19(8-10-20)26-23-13-14-34-28(23)24-16-22(11-12-25(24)29-26)35(32,33)30-21-6-4-5-18(3)15-21/h4-12,15-17,23,26,28-30H,13-14H2,1-3H3/t23-,26-,28-/m0/s1. The molecule has 1 saturated heterocycles. The summed E-state index contributed by atoms with van der Waals surface area (Å²) in [5.74, 6) is 0.254. The maximum atomic E-state index is 13.1. The van der Waals surface area contributed by atoms with Gasteiger partial charge in [-0.25, -0.2) is 8.42 Å². The zero-order chi connectivity index (χ0) is 24.7. The molecule has 2 heterocycles. The molecule has 0 aromatic heterocycles. The summed E-state index contributed by atoms with van der Waals surface area (Å²) in [6.45, 7) is 6.35. The Hall–Kier alpha value is -3.16. The predicted octanol–water partition coefficient (Wildman–Crippen LogP) is 5.88. The molecule has 1 fully saturated rings. The number of fused-ring (bicyclic) bond motifs is 3. The van der Waals surface area contributed by atoms with Crippen LogP contribution in [0.3, 0.4) is 0 Å². The average Bonchev–Trinajstić information content (AvgIpc) is 3.33.